The molecule has 2 aromatic carbocycles. The number of benzene rings is 2. The summed E-state index contributed by atoms with van der Waals surface area (Å²) in [6.07, 6.45) is 4.16. The van der Waals surface area contributed by atoms with E-state index in [4.69, 9.17) is 9.51 Å². The number of aromatic nitrogens is 3. The van der Waals surface area contributed by atoms with E-state index in [2.05, 4.69) is 21.9 Å². The largest absolute Gasteiger partial charge is 0.361 e. The monoisotopic (exact) mass is 462 g/mol. The molecular formula is C26H24F2N4O2. The quantitative estimate of drug-likeness (QED) is 0.363. The Labute approximate surface area is 195 Å². The van der Waals surface area contributed by atoms with Gasteiger partial charge < -0.3 is 14.0 Å². The maximum absolute atomic E-state index is 14.0. The lowest BCUT2D eigenvalue weighted by Gasteiger charge is -2.32. The summed E-state index contributed by atoms with van der Waals surface area (Å²) in [5, 5.41) is 4.07. The number of anilines is 1. The maximum Gasteiger partial charge on any atom is 0.227 e. The van der Waals surface area contributed by atoms with Gasteiger partial charge in [-0.3, -0.25) is 4.79 Å². The molecular weight excluding hydrogens is 438 g/mol. The number of hydrogen-bond acceptors (Lipinski definition) is 4. The molecule has 6 rings (SSSR count). The summed E-state index contributed by atoms with van der Waals surface area (Å²) in [5.74, 6) is -0.458. The van der Waals surface area contributed by atoms with Crippen LogP contribution in [0.3, 0.4) is 0 Å². The van der Waals surface area contributed by atoms with Crippen molar-refractivity contribution in [2.45, 2.75) is 58.0 Å². The van der Waals surface area contributed by atoms with Crippen LogP contribution in [0.1, 0.15) is 61.5 Å². The van der Waals surface area contributed by atoms with Crippen molar-refractivity contribution in [2.75, 3.05) is 4.90 Å². The van der Waals surface area contributed by atoms with Gasteiger partial charge in [0.15, 0.2) is 11.6 Å². The molecule has 0 spiro atoms. The number of aryl methyl sites for hydroxylation is 2. The second-order valence-electron chi connectivity index (χ2n) is 9.24. The molecule has 0 radical (unpaired) electrons. The summed E-state index contributed by atoms with van der Waals surface area (Å²) < 4.78 is 35.2. The zero-order valence-electron chi connectivity index (χ0n) is 19.0. The molecule has 1 aliphatic heterocycles. The van der Waals surface area contributed by atoms with E-state index in [1.54, 1.807) is 4.90 Å². The van der Waals surface area contributed by atoms with Crippen molar-refractivity contribution in [2.24, 2.45) is 0 Å². The number of hydrogen-bond donors (Lipinski definition) is 0. The van der Waals surface area contributed by atoms with E-state index in [0.29, 0.717) is 24.6 Å². The molecule has 3 heterocycles. The SMILES string of the molecule is Cc1noc(C)c1-c1ccc2c(c1)nc([C@@H]1CCC(=O)N1c1ccc(F)c(F)c1)n2C1CCC1. The van der Waals surface area contributed by atoms with Gasteiger partial charge in [0.25, 0.3) is 0 Å². The molecule has 4 aromatic rings. The van der Waals surface area contributed by atoms with Crippen molar-refractivity contribution in [3.8, 4) is 11.1 Å². The minimum absolute atomic E-state index is 0.111. The Hall–Kier alpha value is -3.55. The van der Waals surface area contributed by atoms with E-state index < -0.39 is 11.6 Å². The topological polar surface area (TPSA) is 64.2 Å². The highest BCUT2D eigenvalue weighted by atomic mass is 19.2. The minimum Gasteiger partial charge on any atom is -0.361 e. The summed E-state index contributed by atoms with van der Waals surface area (Å²) >= 11 is 0. The van der Waals surface area contributed by atoms with E-state index in [1.165, 1.54) is 6.07 Å². The predicted octanol–water partition coefficient (Wildman–Crippen LogP) is 6.18. The molecule has 34 heavy (non-hydrogen) atoms. The molecule has 8 heteroatoms. The fraction of sp³-hybridized carbons (Fsp3) is 0.346. The molecule has 2 fully saturated rings. The third kappa shape index (κ3) is 3.15. The molecule has 1 atom stereocenters. The predicted molar refractivity (Wildman–Crippen MR) is 123 cm³/mol. The first-order valence-electron chi connectivity index (χ1n) is 11.6. The summed E-state index contributed by atoms with van der Waals surface area (Å²) in [6, 6.07) is 9.77. The Morgan fingerprint density at radius 2 is 1.85 bits per heavy atom. The fourth-order valence-corrected chi connectivity index (χ4v) is 5.32. The smallest absolute Gasteiger partial charge is 0.227 e. The number of halogens is 2. The normalized spacial score (nSPS) is 18.8. The molecule has 1 aliphatic carbocycles. The Morgan fingerprint density at radius 1 is 1.03 bits per heavy atom. The van der Waals surface area contributed by atoms with Gasteiger partial charge in [-0.1, -0.05) is 11.2 Å². The van der Waals surface area contributed by atoms with Crippen LogP contribution in [0.15, 0.2) is 40.9 Å². The van der Waals surface area contributed by atoms with E-state index in [-0.39, 0.29) is 11.9 Å². The molecule has 0 bridgehead atoms. The molecule has 1 saturated heterocycles. The Morgan fingerprint density at radius 3 is 2.53 bits per heavy atom. The van der Waals surface area contributed by atoms with Crippen molar-refractivity contribution in [3.05, 3.63) is 65.3 Å². The summed E-state index contributed by atoms with van der Waals surface area (Å²) in [7, 11) is 0. The van der Waals surface area contributed by atoms with Crippen LogP contribution in [0.4, 0.5) is 14.5 Å². The second kappa shape index (κ2) is 7.75. The standard InChI is InChI=1S/C26H24F2N4O2/c1-14-25(15(2)34-30-14)16-6-9-22-21(12-16)29-26(32(22)17-4-3-5-17)23-10-11-24(33)31(23)18-7-8-19(27)20(28)13-18/h6-9,12-13,17,23H,3-5,10-11H2,1-2H3/t23-/m0/s1. The molecule has 0 N–H and O–H groups in total. The van der Waals surface area contributed by atoms with Gasteiger partial charge >= 0.3 is 0 Å². The fourth-order valence-electron chi connectivity index (χ4n) is 5.32. The van der Waals surface area contributed by atoms with Crippen LogP contribution in [0.25, 0.3) is 22.2 Å². The third-order valence-corrected chi connectivity index (χ3v) is 7.17. The minimum atomic E-state index is -0.965. The average Bonchev–Trinajstić information content (AvgIpc) is 3.44. The van der Waals surface area contributed by atoms with E-state index >= 15 is 0 Å². The van der Waals surface area contributed by atoms with Crippen molar-refractivity contribution in [1.82, 2.24) is 14.7 Å². The van der Waals surface area contributed by atoms with Crippen molar-refractivity contribution < 1.29 is 18.1 Å². The molecule has 6 nitrogen and oxygen atoms in total. The van der Waals surface area contributed by atoms with Gasteiger partial charge in [0.05, 0.1) is 22.8 Å². The van der Waals surface area contributed by atoms with Crippen molar-refractivity contribution in [1.29, 1.82) is 0 Å². The van der Waals surface area contributed by atoms with Crippen LogP contribution < -0.4 is 4.90 Å². The highest BCUT2D eigenvalue weighted by molar-refractivity contribution is 5.96. The number of imidazole rings is 1. The van der Waals surface area contributed by atoms with Gasteiger partial charge in [-0.25, -0.2) is 13.8 Å². The van der Waals surface area contributed by atoms with Crippen LogP contribution >= 0.6 is 0 Å². The molecule has 0 unspecified atom stereocenters. The summed E-state index contributed by atoms with van der Waals surface area (Å²) in [4.78, 5) is 19.5. The Bertz CT molecular complexity index is 1420. The highest BCUT2D eigenvalue weighted by Crippen LogP contribution is 2.43. The van der Waals surface area contributed by atoms with Crippen molar-refractivity contribution in [3.63, 3.8) is 0 Å². The lowest BCUT2D eigenvalue weighted by Crippen LogP contribution is -2.31. The second-order valence-corrected chi connectivity index (χ2v) is 9.24. The number of fused-ring (bicyclic) bond motifs is 1. The maximum atomic E-state index is 14.0. The molecule has 2 aliphatic rings. The number of nitrogens with zero attached hydrogens (tertiary/aromatic N) is 4. The van der Waals surface area contributed by atoms with Gasteiger partial charge in [0.1, 0.15) is 11.6 Å². The van der Waals surface area contributed by atoms with Crippen LogP contribution in [-0.2, 0) is 4.79 Å². The third-order valence-electron chi connectivity index (χ3n) is 7.17. The number of rotatable bonds is 4. The van der Waals surface area contributed by atoms with E-state index in [9.17, 15) is 13.6 Å². The van der Waals surface area contributed by atoms with Gasteiger partial charge in [-0.15, -0.1) is 0 Å². The lowest BCUT2D eigenvalue weighted by atomic mass is 9.92. The first kappa shape index (κ1) is 21.0. The van der Waals surface area contributed by atoms with Gasteiger partial charge in [0, 0.05) is 29.8 Å². The summed E-state index contributed by atoms with van der Waals surface area (Å²) in [6.45, 7) is 3.81. The number of carbonyl (C=O) groups is 1. The van der Waals surface area contributed by atoms with Crippen LogP contribution in [0.2, 0.25) is 0 Å². The molecule has 1 saturated carbocycles. The van der Waals surface area contributed by atoms with Gasteiger partial charge in [-0.2, -0.15) is 0 Å². The Balaban J connectivity index is 1.50. The van der Waals surface area contributed by atoms with E-state index in [1.807, 2.05) is 19.9 Å². The lowest BCUT2D eigenvalue weighted by molar-refractivity contribution is -0.117. The highest BCUT2D eigenvalue weighted by Gasteiger charge is 2.38. The zero-order valence-corrected chi connectivity index (χ0v) is 19.0. The molecule has 174 valence electrons. The van der Waals surface area contributed by atoms with Crippen molar-refractivity contribution >= 4 is 22.6 Å². The number of amides is 1. The van der Waals surface area contributed by atoms with Gasteiger partial charge in [0.2, 0.25) is 5.91 Å². The summed E-state index contributed by atoms with van der Waals surface area (Å²) in [5.41, 5.74) is 4.97. The molecule has 2 aromatic heterocycles. The first-order valence-corrected chi connectivity index (χ1v) is 11.6. The van der Waals surface area contributed by atoms with E-state index in [0.717, 1.165) is 70.8 Å². The zero-order chi connectivity index (χ0) is 23.6. The van der Waals surface area contributed by atoms with Crippen LogP contribution in [0, 0.1) is 25.5 Å². The average molecular weight is 463 g/mol. The van der Waals surface area contributed by atoms with Crippen LogP contribution in [-0.4, -0.2) is 20.6 Å². The van der Waals surface area contributed by atoms with Crippen LogP contribution in [0.5, 0.6) is 0 Å². The van der Waals surface area contributed by atoms with Gasteiger partial charge in [-0.05, 0) is 69.4 Å². The number of carbonyl (C=O) groups excluding carboxylic acids is 1. The Kier molecular flexibility index (Phi) is 4.79. The molecule has 1 amide bonds. The first-order chi connectivity index (χ1) is 16.4.